The first-order valence-corrected chi connectivity index (χ1v) is 5.44. The summed E-state index contributed by atoms with van der Waals surface area (Å²) in [5.41, 5.74) is 0.699. The number of hydrogen-bond acceptors (Lipinski definition) is 5. The fraction of sp³-hybridized carbons (Fsp3) is 0.400. The lowest BCUT2D eigenvalue weighted by Crippen LogP contribution is -2.07. The van der Waals surface area contributed by atoms with Gasteiger partial charge in [-0.05, 0) is 12.8 Å². The van der Waals surface area contributed by atoms with Gasteiger partial charge in [-0.15, -0.1) is 11.3 Å². The number of rotatable bonds is 1. The third-order valence-corrected chi connectivity index (χ3v) is 3.32. The van der Waals surface area contributed by atoms with Gasteiger partial charge in [-0.1, -0.05) is 0 Å². The third-order valence-electron chi connectivity index (χ3n) is 2.25. The topological polar surface area (TPSA) is 52.6 Å². The molecule has 80 valence electrons. The first-order chi connectivity index (χ1) is 7.20. The Morgan fingerprint density at radius 1 is 1.47 bits per heavy atom. The Kier molecular flexibility index (Phi) is 2.73. The predicted molar refractivity (Wildman–Crippen MR) is 54.6 cm³/mol. The van der Waals surface area contributed by atoms with Crippen molar-refractivity contribution in [2.24, 2.45) is 0 Å². The maximum atomic E-state index is 11.5. The first-order valence-electron chi connectivity index (χ1n) is 4.62. The summed E-state index contributed by atoms with van der Waals surface area (Å²) >= 11 is 1.34. The maximum absolute atomic E-state index is 11.5. The van der Waals surface area contributed by atoms with Gasteiger partial charge in [-0.2, -0.15) is 0 Å². The highest BCUT2D eigenvalue weighted by Gasteiger charge is 2.21. The molecule has 2 rings (SSSR count). The van der Waals surface area contributed by atoms with Crippen molar-refractivity contribution in [1.29, 1.82) is 0 Å². The minimum Gasteiger partial charge on any atom is -0.437 e. The molecule has 0 aromatic carbocycles. The molecule has 1 aliphatic carbocycles. The summed E-state index contributed by atoms with van der Waals surface area (Å²) in [4.78, 5) is 23.3. The number of thiophene rings is 1. The van der Waals surface area contributed by atoms with Crippen molar-refractivity contribution in [2.45, 2.75) is 19.3 Å². The second kappa shape index (κ2) is 4.02. The van der Waals surface area contributed by atoms with Crippen LogP contribution in [0.5, 0.6) is 5.06 Å². The van der Waals surface area contributed by atoms with Gasteiger partial charge < -0.3 is 9.47 Å². The van der Waals surface area contributed by atoms with Crippen molar-refractivity contribution in [3.63, 3.8) is 0 Å². The molecule has 0 saturated carbocycles. The molecule has 0 radical (unpaired) electrons. The van der Waals surface area contributed by atoms with E-state index in [4.69, 9.17) is 4.74 Å². The van der Waals surface area contributed by atoms with Gasteiger partial charge in [0.25, 0.3) is 0 Å². The summed E-state index contributed by atoms with van der Waals surface area (Å²) in [6.07, 6.45) is 1.60. The van der Waals surface area contributed by atoms with Crippen molar-refractivity contribution >= 4 is 23.3 Å². The number of Topliss-reactive ketones (excluding diaryl/α,β-unsaturated/α-hetero) is 1. The van der Waals surface area contributed by atoms with Crippen LogP contribution in [0.2, 0.25) is 0 Å². The Labute approximate surface area is 90.8 Å². The van der Waals surface area contributed by atoms with Gasteiger partial charge in [0.1, 0.15) is 0 Å². The average molecular weight is 226 g/mol. The van der Waals surface area contributed by atoms with Crippen LogP contribution in [0.25, 0.3) is 0 Å². The van der Waals surface area contributed by atoms with E-state index in [2.05, 4.69) is 4.74 Å². The second-order valence-corrected chi connectivity index (χ2v) is 4.33. The van der Waals surface area contributed by atoms with Crippen LogP contribution >= 0.6 is 11.3 Å². The SMILES string of the molecule is COC(=O)Oc1cc2c(s1)CCCC2=O. The van der Waals surface area contributed by atoms with Gasteiger partial charge in [0.05, 0.1) is 7.11 Å². The molecular formula is C10H10O4S. The minimum absolute atomic E-state index is 0.132. The molecule has 4 nitrogen and oxygen atoms in total. The molecule has 0 bridgehead atoms. The van der Waals surface area contributed by atoms with Crippen molar-refractivity contribution < 1.29 is 19.1 Å². The lowest BCUT2D eigenvalue weighted by atomic mass is 9.98. The number of fused-ring (bicyclic) bond motifs is 1. The quantitative estimate of drug-likeness (QED) is 0.690. The van der Waals surface area contributed by atoms with E-state index in [0.717, 1.165) is 17.7 Å². The van der Waals surface area contributed by atoms with Gasteiger partial charge in [0.2, 0.25) is 0 Å². The molecule has 0 aliphatic heterocycles. The lowest BCUT2D eigenvalue weighted by Gasteiger charge is -2.07. The highest BCUT2D eigenvalue weighted by molar-refractivity contribution is 7.14. The maximum Gasteiger partial charge on any atom is 0.514 e. The Hall–Kier alpha value is -1.36. The molecule has 1 aliphatic rings. The van der Waals surface area contributed by atoms with Gasteiger partial charge in [0.15, 0.2) is 10.8 Å². The van der Waals surface area contributed by atoms with E-state index in [0.29, 0.717) is 17.0 Å². The second-order valence-electron chi connectivity index (χ2n) is 3.24. The van der Waals surface area contributed by atoms with Crippen molar-refractivity contribution in [3.05, 3.63) is 16.5 Å². The molecule has 0 saturated heterocycles. The number of hydrogen-bond donors (Lipinski definition) is 0. The smallest absolute Gasteiger partial charge is 0.437 e. The fourth-order valence-electron chi connectivity index (χ4n) is 1.54. The number of ketones is 1. The Balaban J connectivity index is 2.22. The number of ether oxygens (including phenoxy) is 2. The standard InChI is InChI=1S/C10H10O4S/c1-13-10(12)14-9-5-6-7(11)3-2-4-8(6)15-9/h5H,2-4H2,1H3. The zero-order valence-corrected chi connectivity index (χ0v) is 9.06. The van der Waals surface area contributed by atoms with E-state index < -0.39 is 6.16 Å². The summed E-state index contributed by atoms with van der Waals surface area (Å²) < 4.78 is 9.24. The first kappa shape index (κ1) is 10.2. The van der Waals surface area contributed by atoms with Crippen molar-refractivity contribution in [2.75, 3.05) is 7.11 Å². The Morgan fingerprint density at radius 2 is 2.27 bits per heavy atom. The van der Waals surface area contributed by atoms with E-state index in [1.54, 1.807) is 6.07 Å². The summed E-state index contributed by atoms with van der Waals surface area (Å²) in [6, 6.07) is 1.62. The molecule has 0 fully saturated rings. The van der Waals surface area contributed by atoms with Crippen LogP contribution in [0, 0.1) is 0 Å². The van der Waals surface area contributed by atoms with Crippen LogP contribution in [0.1, 0.15) is 28.1 Å². The number of carbonyl (C=O) groups is 2. The van der Waals surface area contributed by atoms with Crippen LogP contribution < -0.4 is 4.74 Å². The fourth-order valence-corrected chi connectivity index (χ4v) is 2.60. The summed E-state index contributed by atoms with van der Waals surface area (Å²) in [5.74, 6) is 0.132. The molecule has 1 aromatic rings. The van der Waals surface area contributed by atoms with E-state index in [1.807, 2.05) is 0 Å². The molecule has 0 atom stereocenters. The van der Waals surface area contributed by atoms with Crippen LogP contribution in [-0.4, -0.2) is 19.0 Å². The highest BCUT2D eigenvalue weighted by Crippen LogP contribution is 2.34. The number of methoxy groups -OCH3 is 1. The molecular weight excluding hydrogens is 216 g/mol. The van der Waals surface area contributed by atoms with Crippen LogP contribution in [0.15, 0.2) is 6.07 Å². The number of carbonyl (C=O) groups excluding carboxylic acids is 2. The zero-order valence-electron chi connectivity index (χ0n) is 8.24. The van der Waals surface area contributed by atoms with E-state index in [-0.39, 0.29) is 5.78 Å². The lowest BCUT2D eigenvalue weighted by molar-refractivity contribution is 0.0972. The van der Waals surface area contributed by atoms with E-state index in [9.17, 15) is 9.59 Å². The van der Waals surface area contributed by atoms with Crippen molar-refractivity contribution in [1.82, 2.24) is 0 Å². The molecule has 15 heavy (non-hydrogen) atoms. The molecule has 1 heterocycles. The summed E-state index contributed by atoms with van der Waals surface area (Å²) in [5, 5.41) is 0.433. The Bertz CT molecular complexity index is 408. The minimum atomic E-state index is -0.749. The van der Waals surface area contributed by atoms with Crippen LogP contribution in [0.3, 0.4) is 0 Å². The van der Waals surface area contributed by atoms with Gasteiger partial charge >= 0.3 is 6.16 Å². The average Bonchev–Trinajstić information content (AvgIpc) is 2.62. The molecule has 0 unspecified atom stereocenters. The summed E-state index contributed by atoms with van der Waals surface area (Å²) in [7, 11) is 1.25. The molecule has 5 heteroatoms. The molecule has 1 aromatic heterocycles. The molecule has 0 N–H and O–H groups in total. The van der Waals surface area contributed by atoms with E-state index >= 15 is 0 Å². The van der Waals surface area contributed by atoms with Gasteiger partial charge in [-0.3, -0.25) is 4.79 Å². The zero-order chi connectivity index (χ0) is 10.8. The normalized spacial score (nSPS) is 14.6. The van der Waals surface area contributed by atoms with Crippen molar-refractivity contribution in [3.8, 4) is 5.06 Å². The largest absolute Gasteiger partial charge is 0.514 e. The third kappa shape index (κ3) is 2.02. The van der Waals surface area contributed by atoms with Crippen LogP contribution in [-0.2, 0) is 11.2 Å². The van der Waals surface area contributed by atoms with E-state index in [1.165, 1.54) is 18.4 Å². The van der Waals surface area contributed by atoms with Crippen LogP contribution in [0.4, 0.5) is 4.79 Å². The highest BCUT2D eigenvalue weighted by atomic mass is 32.1. The van der Waals surface area contributed by atoms with Gasteiger partial charge in [0, 0.05) is 22.9 Å². The summed E-state index contributed by atoms with van der Waals surface area (Å²) in [6.45, 7) is 0. The Morgan fingerprint density at radius 3 is 2.93 bits per heavy atom. The number of aryl methyl sites for hydroxylation is 1. The molecule has 0 amide bonds. The predicted octanol–water partition coefficient (Wildman–Crippen LogP) is 2.41. The molecule has 0 spiro atoms. The monoisotopic (exact) mass is 226 g/mol. The van der Waals surface area contributed by atoms with Gasteiger partial charge in [-0.25, -0.2) is 4.79 Å².